The fourth-order valence-corrected chi connectivity index (χ4v) is 12.6. The molecule has 38 heavy (non-hydrogen) atoms. The Labute approximate surface area is 242 Å². The van der Waals surface area contributed by atoms with Crippen LogP contribution in [0.25, 0.3) is 0 Å². The molecule has 4 aliphatic carbocycles. The Morgan fingerprint density at radius 3 is 1.89 bits per heavy atom. The Morgan fingerprint density at radius 1 is 0.789 bits per heavy atom. The molecule has 0 saturated heterocycles. The van der Waals surface area contributed by atoms with Gasteiger partial charge in [-0.2, -0.15) is 0 Å². The summed E-state index contributed by atoms with van der Waals surface area (Å²) in [6.07, 6.45) is 8.91. The maximum Gasteiger partial charge on any atom is 0.192 e. The molecule has 0 aromatic rings. The van der Waals surface area contributed by atoms with Crippen molar-refractivity contribution in [3.63, 3.8) is 0 Å². The van der Waals surface area contributed by atoms with Crippen LogP contribution < -0.4 is 0 Å². The van der Waals surface area contributed by atoms with Crippen LogP contribution in [0.5, 0.6) is 0 Å². The van der Waals surface area contributed by atoms with Gasteiger partial charge in [0.15, 0.2) is 16.6 Å². The van der Waals surface area contributed by atoms with E-state index in [0.717, 1.165) is 44.9 Å². The number of rotatable bonds is 4. The summed E-state index contributed by atoms with van der Waals surface area (Å²) in [4.78, 5) is -0.299. The van der Waals surface area contributed by atoms with E-state index >= 15 is 0 Å². The highest BCUT2D eigenvalue weighted by molar-refractivity contribution is 6.74. The summed E-state index contributed by atoms with van der Waals surface area (Å²) in [5.41, 5.74) is -0.781. The van der Waals surface area contributed by atoms with E-state index in [1.54, 1.807) is 0 Å². The lowest BCUT2D eigenvalue weighted by molar-refractivity contribution is -0.216. The first-order valence-corrected chi connectivity index (χ1v) is 21.9. The van der Waals surface area contributed by atoms with Crippen LogP contribution in [0.1, 0.15) is 114 Å². The summed E-state index contributed by atoms with van der Waals surface area (Å²) < 4.78 is 14.1. The molecular weight excluding hydrogens is 524 g/mol. The molecule has 4 fully saturated rings. The van der Waals surface area contributed by atoms with E-state index in [-0.39, 0.29) is 43.9 Å². The van der Waals surface area contributed by atoms with Crippen LogP contribution in [0.2, 0.25) is 36.3 Å². The largest absolute Gasteiger partial charge is 0.414 e. The molecule has 0 amide bonds. The fourth-order valence-electron chi connectivity index (χ4n) is 9.30. The number of fused-ring (bicyclic) bond motifs is 5. The first-order chi connectivity index (χ1) is 16.9. The molecule has 9 atom stereocenters. The average Bonchev–Trinajstić information content (AvgIpc) is 3.00. The van der Waals surface area contributed by atoms with Crippen molar-refractivity contribution < 1.29 is 14.0 Å². The minimum atomic E-state index is -1.89. The van der Waals surface area contributed by atoms with Crippen LogP contribution in [-0.4, -0.2) is 44.4 Å². The number of hydrogen-bond acceptors (Lipinski definition) is 3. The van der Waals surface area contributed by atoms with E-state index < -0.39 is 22.2 Å². The highest BCUT2D eigenvalue weighted by atomic mass is 35.5. The van der Waals surface area contributed by atoms with Crippen molar-refractivity contribution in [1.29, 1.82) is 0 Å². The van der Waals surface area contributed by atoms with E-state index in [1.165, 1.54) is 6.42 Å². The van der Waals surface area contributed by atoms with Gasteiger partial charge in [0, 0.05) is 6.10 Å². The van der Waals surface area contributed by atoms with Crippen LogP contribution in [0.15, 0.2) is 0 Å². The molecule has 1 unspecified atom stereocenters. The van der Waals surface area contributed by atoms with Gasteiger partial charge in [0.1, 0.15) is 0 Å². The third-order valence-corrected chi connectivity index (χ3v) is 23.1. The predicted octanol–water partition coefficient (Wildman–Crippen LogP) is 9.53. The molecule has 0 heterocycles. The van der Waals surface area contributed by atoms with Crippen molar-refractivity contribution in [1.82, 2.24) is 0 Å². The molecule has 1 N–H and O–H groups in total. The standard InChI is InChI=1S/C32H61ClO3Si2/c1-27(2,3)37(10,11)35-22-16-18-30(8)26-23(17-19-32(30,33)20-22)24-14-15-25(29(24,7)21-31(26,9)34)36-38(12,13)28(4,5)6/h22-26,34H,14-21H2,1-13H3/t22-,23-,24-,25-,26-,29-,30+,31+,32?/m0/s1. The number of halogens is 1. The molecule has 3 nitrogen and oxygen atoms in total. The van der Waals surface area contributed by atoms with Gasteiger partial charge in [0.25, 0.3) is 0 Å². The molecule has 0 spiro atoms. The van der Waals surface area contributed by atoms with Gasteiger partial charge in [-0.05, 0) is 123 Å². The summed E-state index contributed by atoms with van der Waals surface area (Å²) in [5.74, 6) is 1.37. The van der Waals surface area contributed by atoms with Crippen LogP contribution in [-0.2, 0) is 8.85 Å². The van der Waals surface area contributed by atoms with Crippen molar-refractivity contribution in [2.24, 2.45) is 28.6 Å². The van der Waals surface area contributed by atoms with Crippen molar-refractivity contribution in [3.8, 4) is 0 Å². The van der Waals surface area contributed by atoms with E-state index in [4.69, 9.17) is 20.5 Å². The quantitative estimate of drug-likeness (QED) is 0.264. The Balaban J connectivity index is 1.60. The zero-order valence-corrected chi connectivity index (χ0v) is 29.9. The van der Waals surface area contributed by atoms with Crippen molar-refractivity contribution in [2.75, 3.05) is 0 Å². The molecule has 0 radical (unpaired) electrons. The summed E-state index contributed by atoms with van der Waals surface area (Å²) in [6.45, 7) is 30.6. The van der Waals surface area contributed by atoms with Gasteiger partial charge < -0.3 is 14.0 Å². The van der Waals surface area contributed by atoms with E-state index in [2.05, 4.69) is 88.5 Å². The Bertz CT molecular complexity index is 905. The maximum absolute atomic E-state index is 12.4. The van der Waals surface area contributed by atoms with Crippen LogP contribution in [0.4, 0.5) is 0 Å². The third kappa shape index (κ3) is 4.87. The van der Waals surface area contributed by atoms with Gasteiger partial charge in [-0.3, -0.25) is 0 Å². The summed E-state index contributed by atoms with van der Waals surface area (Å²) in [6, 6.07) is 0. The number of aliphatic hydroxyl groups is 1. The van der Waals surface area contributed by atoms with Crippen molar-refractivity contribution in [2.45, 2.75) is 173 Å². The monoisotopic (exact) mass is 584 g/mol. The van der Waals surface area contributed by atoms with Gasteiger partial charge in [0.2, 0.25) is 0 Å². The zero-order chi connectivity index (χ0) is 29.0. The molecular formula is C32H61ClO3Si2. The smallest absolute Gasteiger partial charge is 0.192 e. The number of hydrogen-bond donors (Lipinski definition) is 1. The van der Waals surface area contributed by atoms with Crippen molar-refractivity contribution >= 4 is 28.2 Å². The van der Waals surface area contributed by atoms with Crippen LogP contribution in [0.3, 0.4) is 0 Å². The fraction of sp³-hybridized carbons (Fsp3) is 1.00. The minimum Gasteiger partial charge on any atom is -0.414 e. The normalized spacial score (nSPS) is 46.3. The average molecular weight is 585 g/mol. The molecule has 0 aromatic carbocycles. The molecule has 4 saturated carbocycles. The van der Waals surface area contributed by atoms with Crippen molar-refractivity contribution in [3.05, 3.63) is 0 Å². The third-order valence-electron chi connectivity index (χ3n) is 13.3. The van der Waals surface area contributed by atoms with Crippen LogP contribution >= 0.6 is 11.6 Å². The molecule has 4 aliphatic rings. The van der Waals surface area contributed by atoms with Gasteiger partial charge in [-0.1, -0.05) is 55.4 Å². The summed E-state index contributed by atoms with van der Waals surface area (Å²) in [5, 5.41) is 12.8. The summed E-state index contributed by atoms with van der Waals surface area (Å²) >= 11 is 7.75. The topological polar surface area (TPSA) is 38.7 Å². The van der Waals surface area contributed by atoms with Gasteiger partial charge in [0.05, 0.1) is 16.6 Å². The second-order valence-corrected chi connectivity index (χ2v) is 28.1. The molecule has 4 rings (SSSR count). The lowest BCUT2D eigenvalue weighted by Crippen LogP contribution is -2.68. The first kappa shape index (κ1) is 31.5. The zero-order valence-electron chi connectivity index (χ0n) is 27.2. The first-order valence-electron chi connectivity index (χ1n) is 15.7. The summed E-state index contributed by atoms with van der Waals surface area (Å²) in [7, 11) is -3.75. The lowest BCUT2D eigenvalue weighted by atomic mass is 9.41. The second-order valence-electron chi connectivity index (χ2n) is 17.9. The van der Waals surface area contributed by atoms with Gasteiger partial charge in [-0.25, -0.2) is 0 Å². The lowest BCUT2D eigenvalue weighted by Gasteiger charge is -2.68. The number of alkyl halides is 1. The Morgan fingerprint density at radius 2 is 1.34 bits per heavy atom. The Kier molecular flexibility index (Phi) is 7.72. The van der Waals surface area contributed by atoms with E-state index in [1.807, 2.05) is 0 Å². The predicted molar refractivity (Wildman–Crippen MR) is 167 cm³/mol. The molecule has 0 aromatic heterocycles. The minimum absolute atomic E-state index is 0.0332. The van der Waals surface area contributed by atoms with E-state index in [9.17, 15) is 5.11 Å². The molecule has 0 aliphatic heterocycles. The molecule has 0 bridgehead atoms. The van der Waals surface area contributed by atoms with Gasteiger partial charge in [-0.15, -0.1) is 11.6 Å². The maximum atomic E-state index is 12.4. The van der Waals surface area contributed by atoms with Gasteiger partial charge >= 0.3 is 0 Å². The molecule has 222 valence electrons. The van der Waals surface area contributed by atoms with E-state index in [0.29, 0.717) is 11.8 Å². The SMILES string of the molecule is CC(C)(C)[Si](C)(C)O[C@H]1CC[C@]2(C)[C@@H]3[C@@H](CCC2(Cl)C1)[C@@H]1CC[C@H](O[Si](C)(C)C(C)(C)C)[C@@]1(C)C[C@@]3(C)O. The highest BCUT2D eigenvalue weighted by Crippen LogP contribution is 2.71. The molecule has 6 heteroatoms. The Hall–Kier alpha value is 0.604. The van der Waals surface area contributed by atoms with Crippen LogP contribution in [0, 0.1) is 28.6 Å². The highest BCUT2D eigenvalue weighted by Gasteiger charge is 2.70. The second kappa shape index (κ2) is 9.30.